The first-order valence-electron chi connectivity index (χ1n) is 4.07. The minimum Gasteiger partial charge on any atom is -0.303 e. The van der Waals surface area contributed by atoms with Crippen molar-refractivity contribution in [1.29, 1.82) is 0 Å². The Hall–Kier alpha value is -0.330. The molecule has 0 aromatic heterocycles. The first-order valence-corrected chi connectivity index (χ1v) is 4.07. The van der Waals surface area contributed by atoms with Crippen molar-refractivity contribution in [2.24, 2.45) is 17.3 Å². The lowest BCUT2D eigenvalue weighted by Gasteiger charge is -2.21. The monoisotopic (exact) mass is 140 g/mol. The number of carbonyl (C=O) groups excluding carboxylic acids is 1. The summed E-state index contributed by atoms with van der Waals surface area (Å²) in [7, 11) is 0. The summed E-state index contributed by atoms with van der Waals surface area (Å²) in [5.41, 5.74) is 0.394. The van der Waals surface area contributed by atoms with Crippen LogP contribution < -0.4 is 0 Å². The molecular weight excluding hydrogens is 124 g/mol. The molecule has 0 aliphatic heterocycles. The third-order valence-corrected chi connectivity index (χ3v) is 2.93. The molecule has 1 heteroatoms. The van der Waals surface area contributed by atoms with E-state index in [0.29, 0.717) is 17.3 Å². The summed E-state index contributed by atoms with van der Waals surface area (Å²) in [5.74, 6) is 1.06. The summed E-state index contributed by atoms with van der Waals surface area (Å²) in [4.78, 5) is 10.3. The first-order chi connectivity index (χ1) is 4.61. The highest BCUT2D eigenvalue weighted by Gasteiger charge is 2.46. The second-order valence-electron chi connectivity index (χ2n) is 3.98. The standard InChI is InChI=1S/C9H16O/c1-4-9(2,3)8-5-7(8)6-10/h6-8H,4-5H2,1-3H3. The van der Waals surface area contributed by atoms with Crippen LogP contribution in [0.1, 0.15) is 33.6 Å². The second-order valence-corrected chi connectivity index (χ2v) is 3.98. The fourth-order valence-corrected chi connectivity index (χ4v) is 1.53. The minimum atomic E-state index is 0.384. The van der Waals surface area contributed by atoms with Gasteiger partial charge in [-0.05, 0) is 17.8 Å². The fraction of sp³-hybridized carbons (Fsp3) is 0.889. The Kier molecular flexibility index (Phi) is 1.84. The largest absolute Gasteiger partial charge is 0.303 e. The van der Waals surface area contributed by atoms with Crippen molar-refractivity contribution in [1.82, 2.24) is 0 Å². The highest BCUT2D eigenvalue weighted by Crippen LogP contribution is 2.51. The molecule has 1 aliphatic rings. The van der Waals surface area contributed by atoms with Gasteiger partial charge in [0.15, 0.2) is 0 Å². The van der Waals surface area contributed by atoms with Crippen LogP contribution >= 0.6 is 0 Å². The zero-order chi connectivity index (χ0) is 7.78. The molecule has 0 spiro atoms. The zero-order valence-corrected chi connectivity index (χ0v) is 7.05. The van der Waals surface area contributed by atoms with Gasteiger partial charge in [0.1, 0.15) is 6.29 Å². The van der Waals surface area contributed by atoms with Crippen molar-refractivity contribution in [3.63, 3.8) is 0 Å². The van der Waals surface area contributed by atoms with E-state index in [1.54, 1.807) is 0 Å². The number of rotatable bonds is 3. The third-order valence-electron chi connectivity index (χ3n) is 2.93. The van der Waals surface area contributed by atoms with E-state index in [2.05, 4.69) is 20.8 Å². The first kappa shape index (κ1) is 7.77. The van der Waals surface area contributed by atoms with Crippen LogP contribution in [0.5, 0.6) is 0 Å². The maximum Gasteiger partial charge on any atom is 0.123 e. The molecular formula is C9H16O. The molecule has 0 heterocycles. The molecule has 10 heavy (non-hydrogen) atoms. The SMILES string of the molecule is CCC(C)(C)C1CC1C=O. The molecule has 2 atom stereocenters. The topological polar surface area (TPSA) is 17.1 Å². The quantitative estimate of drug-likeness (QED) is 0.549. The molecule has 1 nitrogen and oxygen atoms in total. The van der Waals surface area contributed by atoms with Gasteiger partial charge in [0.2, 0.25) is 0 Å². The van der Waals surface area contributed by atoms with Crippen LogP contribution in [0.2, 0.25) is 0 Å². The summed E-state index contributed by atoms with van der Waals surface area (Å²) in [6.07, 6.45) is 3.43. The van der Waals surface area contributed by atoms with Crippen molar-refractivity contribution in [2.45, 2.75) is 33.6 Å². The van der Waals surface area contributed by atoms with E-state index in [-0.39, 0.29) is 0 Å². The van der Waals surface area contributed by atoms with Gasteiger partial charge in [-0.1, -0.05) is 27.2 Å². The van der Waals surface area contributed by atoms with Crippen LogP contribution in [0.25, 0.3) is 0 Å². The van der Waals surface area contributed by atoms with Crippen molar-refractivity contribution >= 4 is 6.29 Å². The van der Waals surface area contributed by atoms with E-state index in [1.165, 1.54) is 6.42 Å². The highest BCUT2D eigenvalue weighted by atomic mass is 16.1. The average Bonchev–Trinajstić information content (AvgIpc) is 2.66. The van der Waals surface area contributed by atoms with Gasteiger partial charge in [-0.15, -0.1) is 0 Å². The molecule has 0 N–H and O–H groups in total. The molecule has 0 aromatic rings. The van der Waals surface area contributed by atoms with Crippen LogP contribution in [-0.4, -0.2) is 6.29 Å². The highest BCUT2D eigenvalue weighted by molar-refractivity contribution is 5.58. The van der Waals surface area contributed by atoms with Crippen molar-refractivity contribution in [3.8, 4) is 0 Å². The number of carbonyl (C=O) groups is 1. The van der Waals surface area contributed by atoms with Gasteiger partial charge in [0.05, 0.1) is 0 Å². The van der Waals surface area contributed by atoms with Gasteiger partial charge < -0.3 is 4.79 Å². The number of hydrogen-bond donors (Lipinski definition) is 0. The summed E-state index contributed by atoms with van der Waals surface area (Å²) >= 11 is 0. The maximum atomic E-state index is 10.3. The molecule has 1 saturated carbocycles. The Bertz CT molecular complexity index is 138. The Morgan fingerprint density at radius 2 is 2.20 bits per heavy atom. The molecule has 0 aromatic carbocycles. The van der Waals surface area contributed by atoms with Gasteiger partial charge in [-0.3, -0.25) is 0 Å². The van der Waals surface area contributed by atoms with Gasteiger partial charge in [-0.2, -0.15) is 0 Å². The summed E-state index contributed by atoms with van der Waals surface area (Å²) in [5, 5.41) is 0. The van der Waals surface area contributed by atoms with Crippen LogP contribution in [0, 0.1) is 17.3 Å². The number of hydrogen-bond acceptors (Lipinski definition) is 1. The Balaban J connectivity index is 2.45. The lowest BCUT2D eigenvalue weighted by atomic mass is 9.84. The molecule has 58 valence electrons. The van der Waals surface area contributed by atoms with E-state index in [9.17, 15) is 4.79 Å². The van der Waals surface area contributed by atoms with E-state index in [1.807, 2.05) is 0 Å². The van der Waals surface area contributed by atoms with Crippen LogP contribution in [0.15, 0.2) is 0 Å². The van der Waals surface area contributed by atoms with Gasteiger partial charge in [-0.25, -0.2) is 0 Å². The molecule has 1 fully saturated rings. The summed E-state index contributed by atoms with van der Waals surface area (Å²) in [6.45, 7) is 6.70. The van der Waals surface area contributed by atoms with Gasteiger partial charge in [0, 0.05) is 5.92 Å². The van der Waals surface area contributed by atoms with Crippen molar-refractivity contribution in [2.75, 3.05) is 0 Å². The fourth-order valence-electron chi connectivity index (χ4n) is 1.53. The van der Waals surface area contributed by atoms with Crippen molar-refractivity contribution in [3.05, 3.63) is 0 Å². The Labute approximate surface area is 62.8 Å². The van der Waals surface area contributed by atoms with Crippen LogP contribution in [0.3, 0.4) is 0 Å². The number of aldehydes is 1. The molecule has 1 rings (SSSR count). The van der Waals surface area contributed by atoms with Gasteiger partial charge in [0.25, 0.3) is 0 Å². The van der Waals surface area contributed by atoms with Crippen LogP contribution in [0.4, 0.5) is 0 Å². The smallest absolute Gasteiger partial charge is 0.123 e. The van der Waals surface area contributed by atoms with E-state index < -0.39 is 0 Å². The van der Waals surface area contributed by atoms with E-state index >= 15 is 0 Å². The molecule has 0 amide bonds. The predicted octanol–water partition coefficient (Wildman–Crippen LogP) is 2.26. The minimum absolute atomic E-state index is 0.384. The van der Waals surface area contributed by atoms with E-state index in [4.69, 9.17) is 0 Å². The molecule has 0 radical (unpaired) electrons. The molecule has 0 bridgehead atoms. The lowest BCUT2D eigenvalue weighted by Crippen LogP contribution is -2.13. The summed E-state index contributed by atoms with van der Waals surface area (Å²) in [6, 6.07) is 0. The second kappa shape index (κ2) is 2.37. The van der Waals surface area contributed by atoms with Crippen LogP contribution in [-0.2, 0) is 4.79 Å². The Morgan fingerprint density at radius 3 is 2.50 bits per heavy atom. The molecule has 0 saturated heterocycles. The predicted molar refractivity (Wildman–Crippen MR) is 41.7 cm³/mol. The molecule has 2 unspecified atom stereocenters. The lowest BCUT2D eigenvalue weighted by molar-refractivity contribution is -0.109. The molecule has 1 aliphatic carbocycles. The zero-order valence-electron chi connectivity index (χ0n) is 7.05. The van der Waals surface area contributed by atoms with E-state index in [0.717, 1.165) is 12.7 Å². The summed E-state index contributed by atoms with van der Waals surface area (Å²) < 4.78 is 0. The third kappa shape index (κ3) is 1.23. The Morgan fingerprint density at radius 1 is 1.60 bits per heavy atom. The average molecular weight is 140 g/mol. The maximum absolute atomic E-state index is 10.3. The van der Waals surface area contributed by atoms with Crippen molar-refractivity contribution < 1.29 is 4.79 Å². The normalized spacial score (nSPS) is 31.9. The van der Waals surface area contributed by atoms with Gasteiger partial charge >= 0.3 is 0 Å².